The number of nitrogens with zero attached hydrogens (tertiary/aromatic N) is 2. The Bertz CT molecular complexity index is 207. The third kappa shape index (κ3) is 2.50. The Balaban J connectivity index is 1.73. The van der Waals surface area contributed by atoms with Gasteiger partial charge < -0.3 is 14.7 Å². The lowest BCUT2D eigenvalue weighted by Gasteiger charge is -2.52. The van der Waals surface area contributed by atoms with Crippen molar-refractivity contribution in [3.05, 3.63) is 0 Å². The van der Waals surface area contributed by atoms with E-state index in [1.54, 1.807) is 0 Å². The fourth-order valence-electron chi connectivity index (χ4n) is 2.75. The third-order valence-corrected chi connectivity index (χ3v) is 3.92. The lowest BCUT2D eigenvalue weighted by molar-refractivity contribution is -0.975. The first-order valence-corrected chi connectivity index (χ1v) is 6.07. The molecule has 0 radical (unpaired) electrons. The lowest BCUT2D eigenvalue weighted by atomic mass is 10.0. The highest BCUT2D eigenvalue weighted by Gasteiger charge is 2.44. The summed E-state index contributed by atoms with van der Waals surface area (Å²) < 4.78 is 1.11. The van der Waals surface area contributed by atoms with Crippen LogP contribution in [0.1, 0.15) is 13.3 Å². The van der Waals surface area contributed by atoms with Gasteiger partial charge in [0.25, 0.3) is 0 Å². The van der Waals surface area contributed by atoms with E-state index in [0.29, 0.717) is 0 Å². The normalized spacial score (nSPS) is 29.0. The summed E-state index contributed by atoms with van der Waals surface area (Å²) in [6.45, 7) is 9.18. The molecule has 4 nitrogen and oxygen atoms in total. The number of rotatable bonds is 3. The zero-order valence-corrected chi connectivity index (χ0v) is 9.60. The minimum absolute atomic E-state index is 0.0576. The van der Waals surface area contributed by atoms with Gasteiger partial charge in [0.15, 0.2) is 6.10 Å². The van der Waals surface area contributed by atoms with E-state index in [9.17, 15) is 10.2 Å². The molecule has 2 saturated heterocycles. The summed E-state index contributed by atoms with van der Waals surface area (Å²) in [4.78, 5) is 2.35. The number of aliphatic hydroxyl groups excluding tert-OH is 2. The van der Waals surface area contributed by atoms with Crippen molar-refractivity contribution in [2.45, 2.75) is 25.6 Å². The number of aliphatic hydroxyl groups is 2. The Morgan fingerprint density at radius 1 is 1.33 bits per heavy atom. The molecule has 0 bridgehead atoms. The van der Waals surface area contributed by atoms with Gasteiger partial charge in [-0.05, 0) is 6.42 Å². The zero-order chi connectivity index (χ0) is 10.9. The van der Waals surface area contributed by atoms with Gasteiger partial charge in [0.05, 0.1) is 19.2 Å². The van der Waals surface area contributed by atoms with E-state index in [1.807, 2.05) is 6.92 Å². The first kappa shape index (κ1) is 11.3. The van der Waals surface area contributed by atoms with Gasteiger partial charge in [-0.1, -0.05) is 6.92 Å². The highest BCUT2D eigenvalue weighted by molar-refractivity contribution is 4.74. The molecule has 2 fully saturated rings. The second-order valence-corrected chi connectivity index (χ2v) is 5.17. The molecular formula is C11H23N2O2+. The van der Waals surface area contributed by atoms with Crippen LogP contribution in [-0.4, -0.2) is 77.6 Å². The predicted molar refractivity (Wildman–Crippen MR) is 58.5 cm³/mol. The Hall–Kier alpha value is -0.160. The molecule has 0 aliphatic carbocycles. The van der Waals surface area contributed by atoms with Gasteiger partial charge in [0.1, 0.15) is 13.1 Å². The smallest absolute Gasteiger partial charge is 0.152 e. The molecule has 0 aromatic carbocycles. The van der Waals surface area contributed by atoms with Crippen LogP contribution in [-0.2, 0) is 0 Å². The maximum absolute atomic E-state index is 9.57. The maximum atomic E-state index is 9.57. The number of hydrogen-bond donors (Lipinski definition) is 2. The molecule has 0 aromatic heterocycles. The van der Waals surface area contributed by atoms with Gasteiger partial charge in [-0.25, -0.2) is 0 Å². The summed E-state index contributed by atoms with van der Waals surface area (Å²) in [6, 6.07) is 0. The van der Waals surface area contributed by atoms with Crippen LogP contribution >= 0.6 is 0 Å². The van der Waals surface area contributed by atoms with Crippen LogP contribution in [0, 0.1) is 0 Å². The van der Waals surface area contributed by atoms with Crippen LogP contribution < -0.4 is 0 Å². The van der Waals surface area contributed by atoms with Crippen molar-refractivity contribution in [3.8, 4) is 0 Å². The van der Waals surface area contributed by atoms with E-state index >= 15 is 0 Å². The summed E-state index contributed by atoms with van der Waals surface area (Å²) in [6.07, 6.45) is 0.617. The molecular weight excluding hydrogens is 192 g/mol. The number of piperazine rings is 1. The van der Waals surface area contributed by atoms with Gasteiger partial charge in [0.2, 0.25) is 0 Å². The summed E-state index contributed by atoms with van der Waals surface area (Å²) >= 11 is 0. The van der Waals surface area contributed by atoms with Gasteiger partial charge in [-0.15, -0.1) is 0 Å². The van der Waals surface area contributed by atoms with Crippen LogP contribution in [0.4, 0.5) is 0 Å². The van der Waals surface area contributed by atoms with Gasteiger partial charge in [0, 0.05) is 19.6 Å². The quantitative estimate of drug-likeness (QED) is 0.610. The van der Waals surface area contributed by atoms with E-state index in [1.165, 1.54) is 0 Å². The van der Waals surface area contributed by atoms with E-state index < -0.39 is 0 Å². The molecule has 0 saturated carbocycles. The van der Waals surface area contributed by atoms with Crippen LogP contribution in [0.5, 0.6) is 0 Å². The molecule has 0 amide bonds. The number of hydrogen-bond acceptors (Lipinski definition) is 3. The van der Waals surface area contributed by atoms with Crippen molar-refractivity contribution < 1.29 is 14.7 Å². The summed E-state index contributed by atoms with van der Waals surface area (Å²) in [7, 11) is 0. The van der Waals surface area contributed by atoms with E-state index in [-0.39, 0.29) is 12.2 Å². The molecule has 15 heavy (non-hydrogen) atoms. The minimum Gasteiger partial charge on any atom is -0.392 e. The van der Waals surface area contributed by atoms with Crippen LogP contribution in [0.3, 0.4) is 0 Å². The van der Waals surface area contributed by atoms with Crippen LogP contribution in [0.25, 0.3) is 0 Å². The monoisotopic (exact) mass is 215 g/mol. The lowest BCUT2D eigenvalue weighted by Crippen LogP contribution is -2.72. The second-order valence-electron chi connectivity index (χ2n) is 5.17. The van der Waals surface area contributed by atoms with Crippen molar-refractivity contribution in [2.24, 2.45) is 0 Å². The fraction of sp³-hybridized carbons (Fsp3) is 1.00. The topological polar surface area (TPSA) is 43.7 Å². The first-order valence-electron chi connectivity index (χ1n) is 6.07. The Labute approximate surface area is 91.7 Å². The summed E-state index contributed by atoms with van der Waals surface area (Å²) in [5, 5.41) is 18.9. The molecule has 0 aromatic rings. The largest absolute Gasteiger partial charge is 0.392 e. The molecule has 1 spiro atoms. The average Bonchev–Trinajstić information content (AvgIpc) is 2.19. The van der Waals surface area contributed by atoms with E-state index in [4.69, 9.17) is 0 Å². The molecule has 2 rings (SSSR count). The fourth-order valence-corrected chi connectivity index (χ4v) is 2.75. The third-order valence-electron chi connectivity index (χ3n) is 3.92. The molecule has 2 N–H and O–H groups in total. The Morgan fingerprint density at radius 2 is 1.93 bits per heavy atom. The number of quaternary nitrogens is 1. The highest BCUT2D eigenvalue weighted by Crippen LogP contribution is 2.23. The summed E-state index contributed by atoms with van der Waals surface area (Å²) in [5.74, 6) is 0. The van der Waals surface area contributed by atoms with Crippen molar-refractivity contribution >= 4 is 0 Å². The van der Waals surface area contributed by atoms with Crippen molar-refractivity contribution in [2.75, 3.05) is 45.8 Å². The van der Waals surface area contributed by atoms with Gasteiger partial charge in [-0.2, -0.15) is 0 Å². The first-order chi connectivity index (χ1) is 7.13. The van der Waals surface area contributed by atoms with Gasteiger partial charge >= 0.3 is 0 Å². The molecule has 88 valence electrons. The van der Waals surface area contributed by atoms with Crippen LogP contribution in [0.2, 0.25) is 0 Å². The molecule has 2 aliphatic heterocycles. The Morgan fingerprint density at radius 3 is 2.40 bits per heavy atom. The standard InChI is InChI=1S/C11H23N2O2/c1-2-10(14)7-12-3-5-13(6-4-12)8-11(15)9-13/h10-11,14-15H,2-9H2,1H3/q+1. The molecule has 1 unspecified atom stereocenters. The van der Waals surface area contributed by atoms with Gasteiger partial charge in [-0.3, -0.25) is 4.90 Å². The average molecular weight is 215 g/mol. The summed E-state index contributed by atoms with van der Waals surface area (Å²) in [5.41, 5.74) is 0. The second kappa shape index (κ2) is 4.37. The van der Waals surface area contributed by atoms with E-state index in [2.05, 4.69) is 4.90 Å². The van der Waals surface area contributed by atoms with E-state index in [0.717, 1.165) is 56.7 Å². The van der Waals surface area contributed by atoms with Crippen molar-refractivity contribution in [3.63, 3.8) is 0 Å². The molecule has 2 aliphatic rings. The highest BCUT2D eigenvalue weighted by atomic mass is 16.3. The maximum Gasteiger partial charge on any atom is 0.152 e. The predicted octanol–water partition coefficient (Wildman–Crippen LogP) is -0.736. The minimum atomic E-state index is -0.168. The van der Waals surface area contributed by atoms with Crippen LogP contribution in [0.15, 0.2) is 0 Å². The SMILES string of the molecule is CCC(O)CN1CC[N+]2(CC1)CC(O)C2. The van der Waals surface area contributed by atoms with Crippen molar-refractivity contribution in [1.29, 1.82) is 0 Å². The number of β-amino-alcohol motifs (C(OH)–C–C–N with tert-alkyl or cyclic N) is 1. The molecule has 2 heterocycles. The Kier molecular flexibility index (Phi) is 3.30. The zero-order valence-electron chi connectivity index (χ0n) is 9.60. The van der Waals surface area contributed by atoms with Crippen molar-refractivity contribution in [1.82, 2.24) is 4.90 Å². The molecule has 4 heteroatoms. The molecule has 1 atom stereocenters.